The van der Waals surface area contributed by atoms with Gasteiger partial charge in [0.15, 0.2) is 11.5 Å². The van der Waals surface area contributed by atoms with Crippen LogP contribution in [0.2, 0.25) is 0 Å². The standard InChI is InChI=1S/C22H28N2O4/c1-15-7-5-6-12-24(15)22(25)11-9-18-8-10-20(21(13-18)26-4)27-14-19-16(2)23-28-17(19)3/h8-11,13,15H,5-7,12,14H2,1-4H3/b11-9+. The molecule has 1 amide bonds. The summed E-state index contributed by atoms with van der Waals surface area (Å²) in [6.07, 6.45) is 6.81. The van der Waals surface area contributed by atoms with Crippen LogP contribution in [0.1, 0.15) is 48.8 Å². The summed E-state index contributed by atoms with van der Waals surface area (Å²) in [7, 11) is 1.60. The first-order valence-electron chi connectivity index (χ1n) is 9.71. The average Bonchev–Trinajstić information content (AvgIpc) is 3.02. The molecule has 1 unspecified atom stereocenters. The summed E-state index contributed by atoms with van der Waals surface area (Å²) in [4.78, 5) is 14.4. The summed E-state index contributed by atoms with van der Waals surface area (Å²) in [6, 6.07) is 5.94. The molecule has 1 atom stereocenters. The lowest BCUT2D eigenvalue weighted by atomic mass is 10.0. The number of carbonyl (C=O) groups is 1. The molecule has 0 N–H and O–H groups in total. The highest BCUT2D eigenvalue weighted by Gasteiger charge is 2.21. The van der Waals surface area contributed by atoms with Crippen LogP contribution in [0.25, 0.3) is 6.08 Å². The Hall–Kier alpha value is -2.76. The predicted molar refractivity (Wildman–Crippen MR) is 107 cm³/mol. The Labute approximate surface area is 166 Å². The molecule has 1 aromatic heterocycles. The molecule has 1 aliphatic rings. The summed E-state index contributed by atoms with van der Waals surface area (Å²) in [6.45, 7) is 7.06. The van der Waals surface area contributed by atoms with E-state index in [0.29, 0.717) is 24.1 Å². The van der Waals surface area contributed by atoms with Crippen molar-refractivity contribution < 1.29 is 18.8 Å². The van der Waals surface area contributed by atoms with Crippen LogP contribution in [-0.4, -0.2) is 35.7 Å². The highest BCUT2D eigenvalue weighted by Crippen LogP contribution is 2.30. The van der Waals surface area contributed by atoms with Crippen molar-refractivity contribution in [1.82, 2.24) is 10.1 Å². The van der Waals surface area contributed by atoms with Gasteiger partial charge in [-0.25, -0.2) is 0 Å². The van der Waals surface area contributed by atoms with E-state index in [4.69, 9.17) is 14.0 Å². The lowest BCUT2D eigenvalue weighted by molar-refractivity contribution is -0.129. The number of likely N-dealkylation sites (tertiary alicyclic amines) is 1. The Morgan fingerprint density at radius 2 is 2.14 bits per heavy atom. The van der Waals surface area contributed by atoms with Crippen LogP contribution in [0.5, 0.6) is 11.5 Å². The molecule has 1 aliphatic heterocycles. The Bertz CT molecular complexity index is 837. The normalized spacial score (nSPS) is 17.1. The van der Waals surface area contributed by atoms with E-state index in [1.807, 2.05) is 43.0 Å². The zero-order valence-corrected chi connectivity index (χ0v) is 17.0. The van der Waals surface area contributed by atoms with Crippen molar-refractivity contribution in [2.45, 2.75) is 52.7 Å². The van der Waals surface area contributed by atoms with Gasteiger partial charge in [-0.05, 0) is 63.8 Å². The van der Waals surface area contributed by atoms with Crippen LogP contribution in [-0.2, 0) is 11.4 Å². The molecule has 1 aromatic carbocycles. The second-order valence-electron chi connectivity index (χ2n) is 7.21. The number of aromatic nitrogens is 1. The monoisotopic (exact) mass is 384 g/mol. The summed E-state index contributed by atoms with van der Waals surface area (Å²) in [5.41, 5.74) is 2.65. The second kappa shape index (κ2) is 8.95. The lowest BCUT2D eigenvalue weighted by Crippen LogP contribution is -2.41. The molecule has 2 heterocycles. The highest BCUT2D eigenvalue weighted by molar-refractivity contribution is 5.92. The number of benzene rings is 1. The minimum absolute atomic E-state index is 0.0601. The largest absolute Gasteiger partial charge is 0.493 e. The number of carbonyl (C=O) groups excluding carboxylic acids is 1. The fraction of sp³-hybridized carbons (Fsp3) is 0.455. The zero-order chi connectivity index (χ0) is 20.1. The van der Waals surface area contributed by atoms with Gasteiger partial charge in [0, 0.05) is 18.7 Å². The summed E-state index contributed by atoms with van der Waals surface area (Å²) in [5, 5.41) is 3.94. The van der Waals surface area contributed by atoms with Crippen molar-refractivity contribution >= 4 is 12.0 Å². The molecule has 6 nitrogen and oxygen atoms in total. The average molecular weight is 384 g/mol. The van der Waals surface area contributed by atoms with Crippen LogP contribution in [0.3, 0.4) is 0 Å². The molecule has 6 heteroatoms. The van der Waals surface area contributed by atoms with Gasteiger partial charge in [0.1, 0.15) is 12.4 Å². The summed E-state index contributed by atoms with van der Waals surface area (Å²) in [5.74, 6) is 2.06. The third-order valence-corrected chi connectivity index (χ3v) is 5.25. The number of ether oxygens (including phenoxy) is 2. The van der Waals surface area contributed by atoms with E-state index in [0.717, 1.165) is 42.0 Å². The minimum Gasteiger partial charge on any atom is -0.493 e. The third kappa shape index (κ3) is 4.55. The molecule has 28 heavy (non-hydrogen) atoms. The van der Waals surface area contributed by atoms with Crippen LogP contribution in [0, 0.1) is 13.8 Å². The smallest absolute Gasteiger partial charge is 0.246 e. The summed E-state index contributed by atoms with van der Waals surface area (Å²) >= 11 is 0. The molecule has 3 rings (SSSR count). The Morgan fingerprint density at radius 1 is 1.32 bits per heavy atom. The maximum Gasteiger partial charge on any atom is 0.246 e. The van der Waals surface area contributed by atoms with Gasteiger partial charge < -0.3 is 18.9 Å². The van der Waals surface area contributed by atoms with Crippen molar-refractivity contribution in [3.8, 4) is 11.5 Å². The number of piperidine rings is 1. The van der Waals surface area contributed by atoms with Crippen molar-refractivity contribution in [1.29, 1.82) is 0 Å². The number of hydrogen-bond acceptors (Lipinski definition) is 5. The molecule has 0 saturated carbocycles. The van der Waals surface area contributed by atoms with Gasteiger partial charge in [0.2, 0.25) is 5.91 Å². The van der Waals surface area contributed by atoms with Crippen LogP contribution in [0.15, 0.2) is 28.8 Å². The van der Waals surface area contributed by atoms with E-state index < -0.39 is 0 Å². The van der Waals surface area contributed by atoms with Crippen LogP contribution >= 0.6 is 0 Å². The van der Waals surface area contributed by atoms with Crippen LogP contribution in [0.4, 0.5) is 0 Å². The van der Waals surface area contributed by atoms with Gasteiger partial charge in [0.25, 0.3) is 0 Å². The van der Waals surface area contributed by atoms with Crippen molar-refractivity contribution in [2.75, 3.05) is 13.7 Å². The molecular formula is C22H28N2O4. The number of nitrogens with zero attached hydrogens (tertiary/aromatic N) is 2. The maximum atomic E-state index is 12.5. The van der Waals surface area contributed by atoms with Gasteiger partial charge in [-0.15, -0.1) is 0 Å². The number of rotatable bonds is 6. The Morgan fingerprint density at radius 3 is 2.82 bits per heavy atom. The molecule has 0 radical (unpaired) electrons. The first kappa shape index (κ1) is 20.0. The Kier molecular flexibility index (Phi) is 6.39. The van der Waals surface area contributed by atoms with E-state index in [9.17, 15) is 4.79 Å². The second-order valence-corrected chi connectivity index (χ2v) is 7.21. The summed E-state index contributed by atoms with van der Waals surface area (Å²) < 4.78 is 16.5. The first-order chi connectivity index (χ1) is 13.5. The lowest BCUT2D eigenvalue weighted by Gasteiger charge is -2.32. The van der Waals surface area contributed by atoms with Gasteiger partial charge in [-0.2, -0.15) is 0 Å². The Balaban J connectivity index is 1.67. The number of methoxy groups -OCH3 is 1. The molecule has 1 saturated heterocycles. The van der Waals surface area contributed by atoms with Gasteiger partial charge >= 0.3 is 0 Å². The number of hydrogen-bond donors (Lipinski definition) is 0. The van der Waals surface area contributed by atoms with Crippen LogP contribution < -0.4 is 9.47 Å². The maximum absolute atomic E-state index is 12.5. The first-order valence-corrected chi connectivity index (χ1v) is 9.71. The molecule has 0 bridgehead atoms. The van der Waals surface area contributed by atoms with Gasteiger partial charge in [-0.1, -0.05) is 11.2 Å². The fourth-order valence-corrected chi connectivity index (χ4v) is 3.45. The topological polar surface area (TPSA) is 64.8 Å². The number of aryl methyl sites for hydroxylation is 2. The van der Waals surface area contributed by atoms with Crippen molar-refractivity contribution in [2.24, 2.45) is 0 Å². The minimum atomic E-state index is 0.0601. The predicted octanol–water partition coefficient (Wildman–Crippen LogP) is 4.29. The van der Waals surface area contributed by atoms with Crippen molar-refractivity contribution in [3.63, 3.8) is 0 Å². The molecule has 2 aromatic rings. The quantitative estimate of drug-likeness (QED) is 0.695. The third-order valence-electron chi connectivity index (χ3n) is 5.25. The zero-order valence-electron chi connectivity index (χ0n) is 17.0. The van der Waals surface area contributed by atoms with E-state index >= 15 is 0 Å². The highest BCUT2D eigenvalue weighted by atomic mass is 16.5. The van der Waals surface area contributed by atoms with Gasteiger partial charge in [0.05, 0.1) is 18.4 Å². The molecular weight excluding hydrogens is 356 g/mol. The fourth-order valence-electron chi connectivity index (χ4n) is 3.45. The van der Waals surface area contributed by atoms with E-state index in [2.05, 4.69) is 12.1 Å². The van der Waals surface area contributed by atoms with Crippen molar-refractivity contribution in [3.05, 3.63) is 46.9 Å². The molecule has 1 fully saturated rings. The van der Waals surface area contributed by atoms with E-state index in [1.165, 1.54) is 6.42 Å². The van der Waals surface area contributed by atoms with E-state index in [1.54, 1.807) is 13.2 Å². The number of amides is 1. The molecule has 0 aliphatic carbocycles. The SMILES string of the molecule is COc1cc(/C=C/C(=O)N2CCCCC2C)ccc1OCc1c(C)noc1C. The molecule has 0 spiro atoms. The molecule has 150 valence electrons. The van der Waals surface area contributed by atoms with E-state index in [-0.39, 0.29) is 5.91 Å². The van der Waals surface area contributed by atoms with Gasteiger partial charge in [-0.3, -0.25) is 4.79 Å².